The van der Waals surface area contributed by atoms with E-state index in [2.05, 4.69) is 9.98 Å². The van der Waals surface area contributed by atoms with Gasteiger partial charge in [0.2, 0.25) is 0 Å². The van der Waals surface area contributed by atoms with Gasteiger partial charge in [0.15, 0.2) is 0 Å². The monoisotopic (exact) mass is 336 g/mol. The number of esters is 1. The molecule has 0 bridgehead atoms. The number of hydrogen-bond donors (Lipinski definition) is 1. The molecule has 0 amide bonds. The maximum absolute atomic E-state index is 11.7. The first-order chi connectivity index (χ1) is 9.35. The lowest BCUT2D eigenvalue weighted by molar-refractivity contribution is -0.138. The van der Waals surface area contributed by atoms with Gasteiger partial charge in [-0.3, -0.25) is 0 Å². The molecule has 1 rings (SSSR count). The van der Waals surface area contributed by atoms with E-state index in [1.807, 2.05) is 0 Å². The van der Waals surface area contributed by atoms with E-state index in [0.29, 0.717) is 5.69 Å². The third-order valence-corrected chi connectivity index (χ3v) is 2.68. The standard InChI is InChI=1S/C12H11Cl3N2O3/c1-3-20-12(19)10(6(2)18)11(15)16-7-4-8(13)17-9(14)5-7/h4-5,18H,3H2,1-2H3. The molecule has 0 aromatic carbocycles. The zero-order valence-electron chi connectivity index (χ0n) is 10.7. The Kier molecular flexibility index (Phi) is 6.26. The van der Waals surface area contributed by atoms with E-state index >= 15 is 0 Å². The molecule has 0 fully saturated rings. The van der Waals surface area contributed by atoms with E-state index in [1.165, 1.54) is 19.1 Å². The number of halogens is 3. The lowest BCUT2D eigenvalue weighted by Gasteiger charge is -2.06. The molecule has 0 saturated carbocycles. The van der Waals surface area contributed by atoms with Gasteiger partial charge in [-0.05, 0) is 13.8 Å². The summed E-state index contributed by atoms with van der Waals surface area (Å²) in [5, 5.41) is 9.54. The molecular formula is C12H11Cl3N2O3. The summed E-state index contributed by atoms with van der Waals surface area (Å²) >= 11 is 17.4. The van der Waals surface area contributed by atoms with Gasteiger partial charge in [-0.25, -0.2) is 14.8 Å². The van der Waals surface area contributed by atoms with Crippen LogP contribution in [-0.2, 0) is 9.53 Å². The number of ether oxygens (including phenoxy) is 1. The number of aromatic nitrogens is 1. The molecule has 5 nitrogen and oxygen atoms in total. The molecule has 8 heteroatoms. The number of rotatable bonds is 4. The second kappa shape index (κ2) is 7.47. The van der Waals surface area contributed by atoms with Crippen molar-refractivity contribution in [1.82, 2.24) is 4.98 Å². The number of allylic oxidation sites excluding steroid dienone is 1. The molecule has 1 N–H and O–H groups in total. The van der Waals surface area contributed by atoms with Crippen molar-refractivity contribution >= 4 is 51.6 Å². The van der Waals surface area contributed by atoms with Gasteiger partial charge in [-0.1, -0.05) is 34.8 Å². The molecule has 108 valence electrons. The number of hydrogen-bond acceptors (Lipinski definition) is 5. The normalized spacial score (nSPS) is 12.9. The first-order valence-corrected chi connectivity index (χ1v) is 6.63. The Morgan fingerprint density at radius 1 is 1.40 bits per heavy atom. The fraction of sp³-hybridized carbons (Fsp3) is 0.250. The van der Waals surface area contributed by atoms with Crippen molar-refractivity contribution in [3.05, 3.63) is 33.8 Å². The molecule has 0 radical (unpaired) electrons. The van der Waals surface area contributed by atoms with Gasteiger partial charge >= 0.3 is 5.97 Å². The number of carbonyl (C=O) groups excluding carboxylic acids is 1. The van der Waals surface area contributed by atoms with E-state index in [-0.39, 0.29) is 33.4 Å². The van der Waals surface area contributed by atoms with Crippen LogP contribution in [0.5, 0.6) is 0 Å². The zero-order chi connectivity index (χ0) is 15.3. The van der Waals surface area contributed by atoms with Crippen molar-refractivity contribution in [2.75, 3.05) is 6.61 Å². The van der Waals surface area contributed by atoms with Crippen molar-refractivity contribution in [3.63, 3.8) is 0 Å². The summed E-state index contributed by atoms with van der Waals surface area (Å²) in [6.07, 6.45) is 0. The Morgan fingerprint density at radius 2 is 1.95 bits per heavy atom. The van der Waals surface area contributed by atoms with E-state index in [1.54, 1.807) is 6.92 Å². The number of carbonyl (C=O) groups is 1. The average molecular weight is 338 g/mol. The summed E-state index contributed by atoms with van der Waals surface area (Å²) in [5.74, 6) is -1.07. The molecule has 0 saturated heterocycles. The Morgan fingerprint density at radius 3 is 2.40 bits per heavy atom. The van der Waals surface area contributed by atoms with Crippen LogP contribution in [0, 0.1) is 0 Å². The number of aliphatic hydroxyl groups is 1. The summed E-state index contributed by atoms with van der Waals surface area (Å²) in [6.45, 7) is 3.08. The van der Waals surface area contributed by atoms with Crippen LogP contribution in [0.15, 0.2) is 28.5 Å². The maximum Gasteiger partial charge on any atom is 0.344 e. The van der Waals surface area contributed by atoms with Crippen molar-refractivity contribution in [2.45, 2.75) is 13.8 Å². The summed E-state index contributed by atoms with van der Waals surface area (Å²) in [6, 6.07) is 2.82. The lowest BCUT2D eigenvalue weighted by Crippen LogP contribution is -2.14. The molecule has 0 atom stereocenters. The van der Waals surface area contributed by atoms with Crippen LogP contribution in [0.4, 0.5) is 5.69 Å². The highest BCUT2D eigenvalue weighted by molar-refractivity contribution is 6.72. The molecule has 0 aliphatic rings. The SMILES string of the molecule is CCOC(=O)C(C(Cl)=Nc1cc(Cl)nc(Cl)c1)=C(C)O. The molecule has 0 spiro atoms. The molecule has 0 aliphatic heterocycles. The number of nitrogens with zero attached hydrogens (tertiary/aromatic N) is 2. The summed E-state index contributed by atoms with van der Waals surface area (Å²) < 4.78 is 4.79. The molecule has 20 heavy (non-hydrogen) atoms. The van der Waals surface area contributed by atoms with Crippen molar-refractivity contribution in [2.24, 2.45) is 4.99 Å². The smallest absolute Gasteiger partial charge is 0.344 e. The fourth-order valence-corrected chi connectivity index (χ4v) is 2.03. The minimum Gasteiger partial charge on any atom is -0.512 e. The molecule has 1 aromatic rings. The predicted octanol–water partition coefficient (Wildman–Crippen LogP) is 4.05. The molecule has 1 aromatic heterocycles. The lowest BCUT2D eigenvalue weighted by atomic mass is 10.2. The van der Waals surface area contributed by atoms with Crippen molar-refractivity contribution < 1.29 is 14.6 Å². The van der Waals surface area contributed by atoms with E-state index in [0.717, 1.165) is 0 Å². The zero-order valence-corrected chi connectivity index (χ0v) is 12.9. The third kappa shape index (κ3) is 4.67. The Hall–Kier alpha value is -1.30. The second-order valence-corrected chi connectivity index (χ2v) is 4.69. The largest absolute Gasteiger partial charge is 0.512 e. The van der Waals surface area contributed by atoms with Crippen LogP contribution in [0.25, 0.3) is 0 Å². The Bertz CT molecular complexity index is 561. The second-order valence-electron chi connectivity index (χ2n) is 3.55. The van der Waals surface area contributed by atoms with Crippen LogP contribution >= 0.6 is 34.8 Å². The highest BCUT2D eigenvalue weighted by atomic mass is 35.5. The van der Waals surface area contributed by atoms with E-state index in [9.17, 15) is 9.90 Å². The minimum atomic E-state index is -0.771. The highest BCUT2D eigenvalue weighted by Gasteiger charge is 2.19. The van der Waals surface area contributed by atoms with E-state index in [4.69, 9.17) is 39.5 Å². The Labute approximate surface area is 130 Å². The topological polar surface area (TPSA) is 71.8 Å². The Balaban J connectivity index is 3.19. The predicted molar refractivity (Wildman–Crippen MR) is 79.2 cm³/mol. The quantitative estimate of drug-likeness (QED) is 0.296. The van der Waals surface area contributed by atoms with Crippen molar-refractivity contribution in [3.8, 4) is 0 Å². The van der Waals surface area contributed by atoms with Gasteiger partial charge in [-0.15, -0.1) is 0 Å². The van der Waals surface area contributed by atoms with Crippen LogP contribution < -0.4 is 0 Å². The molecule has 0 aliphatic carbocycles. The summed E-state index contributed by atoms with van der Waals surface area (Å²) in [7, 11) is 0. The van der Waals surface area contributed by atoms with E-state index < -0.39 is 5.97 Å². The minimum absolute atomic E-state index is 0.128. The number of aliphatic hydroxyl groups excluding tert-OH is 1. The summed E-state index contributed by atoms with van der Waals surface area (Å²) in [4.78, 5) is 19.4. The van der Waals surface area contributed by atoms with Crippen molar-refractivity contribution in [1.29, 1.82) is 0 Å². The number of pyridine rings is 1. The summed E-state index contributed by atoms with van der Waals surface area (Å²) in [5.41, 5.74) is 0.0700. The number of aliphatic imine (C=N–C) groups is 1. The molecule has 0 unspecified atom stereocenters. The van der Waals surface area contributed by atoms with Crippen LogP contribution in [0.2, 0.25) is 10.3 Å². The maximum atomic E-state index is 11.7. The first-order valence-electron chi connectivity index (χ1n) is 5.49. The molecule has 1 heterocycles. The van der Waals surface area contributed by atoms with Crippen LogP contribution in [0.1, 0.15) is 13.8 Å². The van der Waals surface area contributed by atoms with Gasteiger partial charge in [0.05, 0.1) is 12.3 Å². The highest BCUT2D eigenvalue weighted by Crippen LogP contribution is 2.23. The first kappa shape index (κ1) is 16.8. The third-order valence-electron chi connectivity index (χ3n) is 2.02. The molecular weight excluding hydrogens is 327 g/mol. The average Bonchev–Trinajstić information content (AvgIpc) is 2.26. The van der Waals surface area contributed by atoms with Gasteiger partial charge in [0.1, 0.15) is 26.8 Å². The van der Waals surface area contributed by atoms with Crippen LogP contribution in [-0.4, -0.2) is 27.8 Å². The van der Waals surface area contributed by atoms with Crippen LogP contribution in [0.3, 0.4) is 0 Å². The van der Waals surface area contributed by atoms with Gasteiger partial charge in [0, 0.05) is 12.1 Å². The van der Waals surface area contributed by atoms with Gasteiger partial charge < -0.3 is 9.84 Å². The fourth-order valence-electron chi connectivity index (χ4n) is 1.27. The van der Waals surface area contributed by atoms with Gasteiger partial charge in [0.25, 0.3) is 0 Å². The van der Waals surface area contributed by atoms with Gasteiger partial charge in [-0.2, -0.15) is 0 Å².